The molecule has 4 nitrogen and oxygen atoms in total. The van der Waals surface area contributed by atoms with Gasteiger partial charge < -0.3 is 10.2 Å². The van der Waals surface area contributed by atoms with Crippen LogP contribution in [0, 0.1) is 0 Å². The Labute approximate surface area is 103 Å². The first-order valence-electron chi connectivity index (χ1n) is 6.04. The van der Waals surface area contributed by atoms with Gasteiger partial charge in [-0.25, -0.2) is 4.98 Å². The molecule has 1 N–H and O–H groups in total. The van der Waals surface area contributed by atoms with Gasteiger partial charge in [-0.2, -0.15) is 0 Å². The van der Waals surface area contributed by atoms with Crippen molar-refractivity contribution in [2.24, 2.45) is 0 Å². The molecule has 0 aliphatic carbocycles. The Morgan fingerprint density at radius 2 is 2.18 bits per heavy atom. The fourth-order valence-electron chi connectivity index (χ4n) is 1.32. The monoisotopic (exact) mass is 235 g/mol. The topological polar surface area (TPSA) is 45.2 Å². The van der Waals surface area contributed by atoms with Crippen molar-refractivity contribution in [2.75, 3.05) is 18.9 Å². The van der Waals surface area contributed by atoms with E-state index in [1.54, 1.807) is 18.0 Å². The first-order chi connectivity index (χ1) is 8.06. The minimum atomic E-state index is -0.0415. The van der Waals surface area contributed by atoms with Gasteiger partial charge in [-0.15, -0.1) is 0 Å². The van der Waals surface area contributed by atoms with E-state index in [-0.39, 0.29) is 11.9 Å². The summed E-state index contributed by atoms with van der Waals surface area (Å²) >= 11 is 0. The molecule has 0 spiro atoms. The molecule has 17 heavy (non-hydrogen) atoms. The molecule has 0 unspecified atom stereocenters. The van der Waals surface area contributed by atoms with E-state index < -0.39 is 0 Å². The summed E-state index contributed by atoms with van der Waals surface area (Å²) < 4.78 is 0. The maximum absolute atomic E-state index is 12.0. The first-order valence-corrected chi connectivity index (χ1v) is 6.04. The van der Waals surface area contributed by atoms with E-state index in [4.69, 9.17) is 0 Å². The molecule has 0 fully saturated rings. The second kappa shape index (κ2) is 6.23. The van der Waals surface area contributed by atoms with Gasteiger partial charge in [0.2, 0.25) is 0 Å². The second-order valence-electron chi connectivity index (χ2n) is 4.34. The average Bonchev–Trinajstić information content (AvgIpc) is 2.34. The van der Waals surface area contributed by atoms with Gasteiger partial charge in [-0.1, -0.05) is 13.0 Å². The van der Waals surface area contributed by atoms with Crippen LogP contribution in [0.25, 0.3) is 0 Å². The minimum absolute atomic E-state index is 0.0415. The number of hydrogen-bond donors (Lipinski definition) is 1. The fourth-order valence-corrected chi connectivity index (χ4v) is 1.32. The predicted octanol–water partition coefficient (Wildman–Crippen LogP) is 2.38. The third kappa shape index (κ3) is 3.73. The molecule has 4 heteroatoms. The van der Waals surface area contributed by atoms with Gasteiger partial charge in [0.05, 0.1) is 0 Å². The Morgan fingerprint density at radius 1 is 1.47 bits per heavy atom. The fraction of sp³-hybridized carbons (Fsp3) is 0.538. The van der Waals surface area contributed by atoms with Crippen molar-refractivity contribution in [2.45, 2.75) is 33.2 Å². The van der Waals surface area contributed by atoms with Gasteiger partial charge in [0.1, 0.15) is 11.5 Å². The number of pyridine rings is 1. The summed E-state index contributed by atoms with van der Waals surface area (Å²) in [6.45, 7) is 6.92. The summed E-state index contributed by atoms with van der Waals surface area (Å²) in [5, 5.41) is 3.18. The number of hydrogen-bond acceptors (Lipinski definition) is 3. The largest absolute Gasteiger partial charge is 0.370 e. The molecule has 0 aromatic carbocycles. The van der Waals surface area contributed by atoms with Crippen LogP contribution in [0.15, 0.2) is 18.2 Å². The molecule has 94 valence electrons. The summed E-state index contributed by atoms with van der Waals surface area (Å²) in [6.07, 6.45) is 1.03. The molecule has 0 radical (unpaired) electrons. The SMILES string of the molecule is CCCNc1cccc(C(=O)N(C)C(C)C)n1. The molecule has 1 amide bonds. The first kappa shape index (κ1) is 13.5. The second-order valence-corrected chi connectivity index (χ2v) is 4.34. The molecule has 1 heterocycles. The van der Waals surface area contributed by atoms with E-state index in [1.165, 1.54) is 0 Å². The molecule has 1 rings (SSSR count). The zero-order chi connectivity index (χ0) is 12.8. The number of carbonyl (C=O) groups excluding carboxylic acids is 1. The van der Waals surface area contributed by atoms with Crippen molar-refractivity contribution < 1.29 is 4.79 Å². The molecule has 0 aliphatic rings. The van der Waals surface area contributed by atoms with Crippen LogP contribution in [0.3, 0.4) is 0 Å². The standard InChI is InChI=1S/C13H21N3O/c1-5-9-14-12-8-6-7-11(15-12)13(17)16(4)10(2)3/h6-8,10H,5,9H2,1-4H3,(H,14,15). The summed E-state index contributed by atoms with van der Waals surface area (Å²) in [5.74, 6) is 0.718. The van der Waals surface area contributed by atoms with Crippen molar-refractivity contribution in [3.63, 3.8) is 0 Å². The number of carbonyl (C=O) groups is 1. The quantitative estimate of drug-likeness (QED) is 0.852. The van der Waals surface area contributed by atoms with E-state index >= 15 is 0 Å². The summed E-state index contributed by atoms with van der Waals surface area (Å²) in [5.41, 5.74) is 0.488. The Morgan fingerprint density at radius 3 is 2.76 bits per heavy atom. The maximum Gasteiger partial charge on any atom is 0.272 e. The van der Waals surface area contributed by atoms with E-state index in [9.17, 15) is 4.79 Å². The zero-order valence-corrected chi connectivity index (χ0v) is 11.0. The van der Waals surface area contributed by atoms with Gasteiger partial charge in [0, 0.05) is 19.6 Å². The Hall–Kier alpha value is -1.58. The van der Waals surface area contributed by atoms with Crippen LogP contribution in [0.2, 0.25) is 0 Å². The number of nitrogens with zero attached hydrogens (tertiary/aromatic N) is 2. The lowest BCUT2D eigenvalue weighted by Crippen LogP contribution is -2.33. The third-order valence-corrected chi connectivity index (χ3v) is 2.62. The van der Waals surface area contributed by atoms with E-state index in [1.807, 2.05) is 26.0 Å². The van der Waals surface area contributed by atoms with Gasteiger partial charge in [-0.3, -0.25) is 4.79 Å². The smallest absolute Gasteiger partial charge is 0.272 e. The number of rotatable bonds is 5. The zero-order valence-electron chi connectivity index (χ0n) is 11.0. The molecule has 0 bridgehead atoms. The highest BCUT2D eigenvalue weighted by molar-refractivity contribution is 5.92. The van der Waals surface area contributed by atoms with Crippen LogP contribution in [0.4, 0.5) is 5.82 Å². The highest BCUT2D eigenvalue weighted by Gasteiger charge is 2.15. The highest BCUT2D eigenvalue weighted by atomic mass is 16.2. The molecule has 1 aromatic heterocycles. The number of anilines is 1. The van der Waals surface area contributed by atoms with Gasteiger partial charge in [-0.05, 0) is 32.4 Å². The molecule has 0 saturated heterocycles. The van der Waals surface area contributed by atoms with Crippen LogP contribution >= 0.6 is 0 Å². The lowest BCUT2D eigenvalue weighted by atomic mass is 10.2. The van der Waals surface area contributed by atoms with Crippen LogP contribution in [-0.4, -0.2) is 35.4 Å². The van der Waals surface area contributed by atoms with E-state index in [0.29, 0.717) is 5.69 Å². The van der Waals surface area contributed by atoms with Crippen molar-refractivity contribution in [1.29, 1.82) is 0 Å². The maximum atomic E-state index is 12.0. The van der Waals surface area contributed by atoms with Crippen LogP contribution in [0.5, 0.6) is 0 Å². The summed E-state index contributed by atoms with van der Waals surface area (Å²) in [4.78, 5) is 18.0. The lowest BCUT2D eigenvalue weighted by molar-refractivity contribution is 0.0749. The molecular formula is C13H21N3O. The normalized spacial score (nSPS) is 10.4. The predicted molar refractivity (Wildman–Crippen MR) is 70.2 cm³/mol. The van der Waals surface area contributed by atoms with Crippen molar-refractivity contribution in [3.8, 4) is 0 Å². The van der Waals surface area contributed by atoms with Gasteiger partial charge in [0.15, 0.2) is 0 Å². The van der Waals surface area contributed by atoms with Crippen LogP contribution in [-0.2, 0) is 0 Å². The lowest BCUT2D eigenvalue weighted by Gasteiger charge is -2.21. The van der Waals surface area contributed by atoms with E-state index in [2.05, 4.69) is 17.2 Å². The number of aromatic nitrogens is 1. The van der Waals surface area contributed by atoms with Crippen LogP contribution in [0.1, 0.15) is 37.7 Å². The summed E-state index contributed by atoms with van der Waals surface area (Å²) in [6, 6.07) is 5.66. The molecule has 0 atom stereocenters. The molecular weight excluding hydrogens is 214 g/mol. The Bertz CT molecular complexity index is 377. The third-order valence-electron chi connectivity index (χ3n) is 2.62. The molecule has 0 aliphatic heterocycles. The van der Waals surface area contributed by atoms with Crippen molar-refractivity contribution in [1.82, 2.24) is 9.88 Å². The van der Waals surface area contributed by atoms with E-state index in [0.717, 1.165) is 18.8 Å². The molecule has 0 saturated carbocycles. The average molecular weight is 235 g/mol. The van der Waals surface area contributed by atoms with Crippen molar-refractivity contribution >= 4 is 11.7 Å². The number of amides is 1. The Balaban J connectivity index is 2.80. The van der Waals surface area contributed by atoms with Gasteiger partial charge >= 0.3 is 0 Å². The molecule has 1 aromatic rings. The van der Waals surface area contributed by atoms with Crippen LogP contribution < -0.4 is 5.32 Å². The summed E-state index contributed by atoms with van der Waals surface area (Å²) in [7, 11) is 1.79. The highest BCUT2D eigenvalue weighted by Crippen LogP contribution is 2.08. The van der Waals surface area contributed by atoms with Crippen molar-refractivity contribution in [3.05, 3.63) is 23.9 Å². The van der Waals surface area contributed by atoms with Gasteiger partial charge in [0.25, 0.3) is 5.91 Å². The number of nitrogens with one attached hydrogen (secondary N) is 1. The Kier molecular flexibility index (Phi) is 4.94. The minimum Gasteiger partial charge on any atom is -0.370 e.